The molecule has 1 amide bonds. The molecule has 0 radical (unpaired) electrons. The minimum Gasteiger partial charge on any atom is -0.368 e. The van der Waals surface area contributed by atoms with Gasteiger partial charge in [-0.05, 0) is 36.1 Å². The lowest BCUT2D eigenvalue weighted by Crippen LogP contribution is -2.51. The van der Waals surface area contributed by atoms with Crippen LogP contribution < -0.4 is 9.21 Å². The van der Waals surface area contributed by atoms with Gasteiger partial charge < -0.3 is 9.80 Å². The van der Waals surface area contributed by atoms with E-state index in [1.807, 2.05) is 30.3 Å². The normalized spacial score (nSPS) is 17.6. The van der Waals surface area contributed by atoms with Crippen LogP contribution in [0.1, 0.15) is 5.56 Å². The van der Waals surface area contributed by atoms with Crippen LogP contribution in [-0.2, 0) is 14.8 Å². The molecule has 154 valence electrons. The zero-order chi connectivity index (χ0) is 20.9. The number of sulfonamides is 1. The molecule has 3 aromatic rings. The molecule has 0 saturated carbocycles. The minimum atomic E-state index is -3.72. The average molecular weight is 422 g/mol. The van der Waals surface area contributed by atoms with Crippen molar-refractivity contribution in [2.75, 3.05) is 41.9 Å². The van der Waals surface area contributed by atoms with Crippen molar-refractivity contribution in [1.82, 2.24) is 4.90 Å². The predicted molar refractivity (Wildman–Crippen MR) is 118 cm³/mol. The first-order chi connectivity index (χ1) is 14.5. The highest BCUT2D eigenvalue weighted by Gasteiger charge is 2.37. The molecule has 0 N–H and O–H groups in total. The average Bonchev–Trinajstić information content (AvgIpc) is 2.97. The number of carbonyl (C=O) groups excluding carboxylic acids is 1. The number of rotatable bonds is 3. The van der Waals surface area contributed by atoms with E-state index in [0.29, 0.717) is 24.2 Å². The smallest absolute Gasteiger partial charge is 0.265 e. The van der Waals surface area contributed by atoms with Gasteiger partial charge in [0, 0.05) is 37.3 Å². The summed E-state index contributed by atoms with van der Waals surface area (Å²) < 4.78 is 27.5. The van der Waals surface area contributed by atoms with Gasteiger partial charge in [0.1, 0.15) is 6.54 Å². The molecule has 2 aliphatic heterocycles. The number of carbonyl (C=O) groups is 1. The van der Waals surface area contributed by atoms with Gasteiger partial charge in [0.05, 0.1) is 10.6 Å². The van der Waals surface area contributed by atoms with Crippen LogP contribution in [0.15, 0.2) is 65.6 Å². The van der Waals surface area contributed by atoms with E-state index in [1.54, 1.807) is 23.1 Å². The molecule has 0 bridgehead atoms. The molecule has 0 aliphatic carbocycles. The van der Waals surface area contributed by atoms with Gasteiger partial charge >= 0.3 is 0 Å². The Kier molecular flexibility index (Phi) is 4.43. The highest BCUT2D eigenvalue weighted by molar-refractivity contribution is 7.93. The van der Waals surface area contributed by atoms with Crippen molar-refractivity contribution in [3.05, 3.63) is 66.2 Å². The number of amides is 1. The minimum absolute atomic E-state index is 0.159. The molecule has 30 heavy (non-hydrogen) atoms. The highest BCUT2D eigenvalue weighted by atomic mass is 32.2. The lowest BCUT2D eigenvalue weighted by atomic mass is 10.1. The fraction of sp³-hybridized carbons (Fsp3) is 0.261. The number of benzene rings is 3. The molecule has 0 aromatic heterocycles. The third-order valence-electron chi connectivity index (χ3n) is 6.05. The van der Waals surface area contributed by atoms with E-state index < -0.39 is 10.0 Å². The number of nitrogens with zero attached hydrogens (tertiary/aromatic N) is 3. The SMILES string of the molecule is Cc1ccccc1N1CCN(C(=O)CN2c3cccc4cccc(c34)S2(=O)=O)CC1. The van der Waals surface area contributed by atoms with E-state index in [0.717, 1.165) is 18.5 Å². The fourth-order valence-electron chi connectivity index (χ4n) is 4.47. The maximum absolute atomic E-state index is 13.1. The summed E-state index contributed by atoms with van der Waals surface area (Å²) >= 11 is 0. The van der Waals surface area contributed by atoms with Crippen LogP contribution in [0.3, 0.4) is 0 Å². The maximum Gasteiger partial charge on any atom is 0.265 e. The molecule has 6 nitrogen and oxygen atoms in total. The van der Waals surface area contributed by atoms with Gasteiger partial charge in [-0.15, -0.1) is 0 Å². The fourth-order valence-corrected chi connectivity index (χ4v) is 6.13. The Bertz CT molecular complexity index is 1240. The summed E-state index contributed by atoms with van der Waals surface area (Å²) in [6.07, 6.45) is 0. The predicted octanol–water partition coefficient (Wildman–Crippen LogP) is 3.01. The Balaban J connectivity index is 1.34. The summed E-state index contributed by atoms with van der Waals surface area (Å²) in [5.74, 6) is -0.159. The summed E-state index contributed by atoms with van der Waals surface area (Å²) in [6, 6.07) is 19.0. The molecule has 0 spiro atoms. The van der Waals surface area contributed by atoms with Gasteiger partial charge in [-0.3, -0.25) is 9.10 Å². The number of hydrogen-bond donors (Lipinski definition) is 0. The monoisotopic (exact) mass is 421 g/mol. The molecule has 0 unspecified atom stereocenters. The maximum atomic E-state index is 13.1. The van der Waals surface area contributed by atoms with Crippen molar-refractivity contribution >= 4 is 38.1 Å². The third-order valence-corrected chi connectivity index (χ3v) is 7.85. The Labute approximate surface area is 176 Å². The Morgan fingerprint density at radius 2 is 1.53 bits per heavy atom. The number of aryl methyl sites for hydroxylation is 1. The van der Waals surface area contributed by atoms with E-state index in [2.05, 4.69) is 24.0 Å². The van der Waals surface area contributed by atoms with Gasteiger partial charge in [-0.1, -0.05) is 42.5 Å². The van der Waals surface area contributed by atoms with Crippen molar-refractivity contribution < 1.29 is 13.2 Å². The molecule has 0 atom stereocenters. The lowest BCUT2D eigenvalue weighted by Gasteiger charge is -2.37. The topological polar surface area (TPSA) is 60.9 Å². The van der Waals surface area contributed by atoms with Gasteiger partial charge in [-0.25, -0.2) is 8.42 Å². The summed E-state index contributed by atoms with van der Waals surface area (Å²) in [5.41, 5.74) is 3.00. The molecule has 2 heterocycles. The quantitative estimate of drug-likeness (QED) is 0.652. The van der Waals surface area contributed by atoms with Crippen molar-refractivity contribution in [3.63, 3.8) is 0 Å². The molecule has 1 saturated heterocycles. The zero-order valence-electron chi connectivity index (χ0n) is 16.8. The second kappa shape index (κ2) is 7.02. The second-order valence-electron chi connectivity index (χ2n) is 7.80. The molecular weight excluding hydrogens is 398 g/mol. The number of hydrogen-bond acceptors (Lipinski definition) is 4. The number of para-hydroxylation sites is 1. The van der Waals surface area contributed by atoms with Crippen LogP contribution in [0.25, 0.3) is 10.8 Å². The molecule has 3 aromatic carbocycles. The van der Waals surface area contributed by atoms with E-state index >= 15 is 0 Å². The van der Waals surface area contributed by atoms with Crippen LogP contribution in [0.2, 0.25) is 0 Å². The summed E-state index contributed by atoms with van der Waals surface area (Å²) in [7, 11) is -3.72. The number of piperazine rings is 1. The third kappa shape index (κ3) is 2.92. The van der Waals surface area contributed by atoms with Crippen LogP contribution in [0.4, 0.5) is 11.4 Å². The Morgan fingerprint density at radius 1 is 0.867 bits per heavy atom. The van der Waals surface area contributed by atoms with Crippen LogP contribution in [0.5, 0.6) is 0 Å². The molecule has 1 fully saturated rings. The first-order valence-corrected chi connectivity index (χ1v) is 11.5. The molecule has 2 aliphatic rings. The Hall–Kier alpha value is -3.06. The largest absolute Gasteiger partial charge is 0.368 e. The van der Waals surface area contributed by atoms with Crippen LogP contribution in [0, 0.1) is 6.92 Å². The van der Waals surface area contributed by atoms with E-state index in [9.17, 15) is 13.2 Å². The van der Waals surface area contributed by atoms with E-state index in [-0.39, 0.29) is 17.3 Å². The molecular formula is C23H23N3O3S. The first-order valence-electron chi connectivity index (χ1n) is 10.1. The van der Waals surface area contributed by atoms with Crippen molar-refractivity contribution in [1.29, 1.82) is 0 Å². The lowest BCUT2D eigenvalue weighted by molar-refractivity contribution is -0.129. The second-order valence-corrected chi connectivity index (χ2v) is 9.63. The van der Waals surface area contributed by atoms with Crippen LogP contribution >= 0.6 is 0 Å². The zero-order valence-corrected chi connectivity index (χ0v) is 17.6. The van der Waals surface area contributed by atoms with Gasteiger partial charge in [-0.2, -0.15) is 0 Å². The van der Waals surface area contributed by atoms with E-state index in [1.165, 1.54) is 15.6 Å². The van der Waals surface area contributed by atoms with E-state index in [4.69, 9.17) is 0 Å². The van der Waals surface area contributed by atoms with Gasteiger partial charge in [0.2, 0.25) is 5.91 Å². The molecule has 5 rings (SSSR count). The van der Waals surface area contributed by atoms with Crippen LogP contribution in [-0.4, -0.2) is 51.9 Å². The highest BCUT2D eigenvalue weighted by Crippen LogP contribution is 2.41. The van der Waals surface area contributed by atoms with Crippen molar-refractivity contribution in [2.45, 2.75) is 11.8 Å². The van der Waals surface area contributed by atoms with Gasteiger partial charge in [0.25, 0.3) is 10.0 Å². The molecule has 7 heteroatoms. The van der Waals surface area contributed by atoms with Gasteiger partial charge in [0.15, 0.2) is 0 Å². The standard InChI is InChI=1S/C23H23N3O3S/c1-17-6-2-3-9-19(17)24-12-14-25(15-13-24)22(27)16-26-20-10-4-7-18-8-5-11-21(23(18)20)30(26,28)29/h2-11H,12-16H2,1H3. The first kappa shape index (κ1) is 18.9. The Morgan fingerprint density at radius 3 is 2.27 bits per heavy atom. The van der Waals surface area contributed by atoms with Crippen molar-refractivity contribution in [2.24, 2.45) is 0 Å². The van der Waals surface area contributed by atoms with Crippen molar-refractivity contribution in [3.8, 4) is 0 Å². The summed E-state index contributed by atoms with van der Waals surface area (Å²) in [5, 5.41) is 1.58. The summed E-state index contributed by atoms with van der Waals surface area (Å²) in [4.78, 5) is 17.4. The number of anilines is 2. The summed E-state index contributed by atoms with van der Waals surface area (Å²) in [6.45, 7) is 4.55.